The highest BCUT2D eigenvalue weighted by Crippen LogP contribution is 2.09. The maximum atomic E-state index is 12.6. The number of hydrogen-bond donors (Lipinski definition) is 0. The van der Waals surface area contributed by atoms with E-state index in [0.29, 0.717) is 11.3 Å². The first-order chi connectivity index (χ1) is 9.43. The predicted molar refractivity (Wildman–Crippen MR) is 80.8 cm³/mol. The summed E-state index contributed by atoms with van der Waals surface area (Å²) in [6, 6.07) is 10.2. The lowest BCUT2D eigenvalue weighted by Crippen LogP contribution is -2.30. The largest absolute Gasteiger partial charge is 0.282 e. The fourth-order valence-corrected chi connectivity index (χ4v) is 2.63. The van der Waals surface area contributed by atoms with Gasteiger partial charge in [-0.25, -0.2) is 0 Å². The van der Waals surface area contributed by atoms with Gasteiger partial charge in [-0.1, -0.05) is 18.2 Å². The first kappa shape index (κ1) is 14.4. The minimum atomic E-state index is -0.220. The van der Waals surface area contributed by atoms with Gasteiger partial charge in [0, 0.05) is 23.4 Å². The summed E-state index contributed by atoms with van der Waals surface area (Å²) < 4.78 is 3.09. The fourth-order valence-electron chi connectivity index (χ4n) is 2.10. The summed E-state index contributed by atoms with van der Waals surface area (Å²) in [6.45, 7) is 5.44. The van der Waals surface area contributed by atoms with Crippen molar-refractivity contribution in [1.82, 2.24) is 9.13 Å². The van der Waals surface area contributed by atoms with Gasteiger partial charge in [0.15, 0.2) is 4.77 Å². The molecule has 5 heteroatoms. The summed E-state index contributed by atoms with van der Waals surface area (Å²) in [5, 5.41) is 0. The monoisotopic (exact) mass is 288 g/mol. The third-order valence-electron chi connectivity index (χ3n) is 3.06. The Morgan fingerprint density at radius 1 is 1.20 bits per heavy atom. The lowest BCUT2D eigenvalue weighted by Gasteiger charge is -2.16. The molecule has 0 saturated heterocycles. The molecule has 2 rings (SSSR count). The van der Waals surface area contributed by atoms with Crippen molar-refractivity contribution in [2.45, 2.75) is 26.8 Å². The van der Waals surface area contributed by atoms with Crippen molar-refractivity contribution in [2.75, 3.05) is 0 Å². The molecule has 0 amide bonds. The van der Waals surface area contributed by atoms with Crippen molar-refractivity contribution in [2.24, 2.45) is 0 Å². The average molecular weight is 288 g/mol. The zero-order valence-electron chi connectivity index (χ0n) is 11.7. The zero-order valence-corrected chi connectivity index (χ0v) is 12.5. The Labute approximate surface area is 122 Å². The van der Waals surface area contributed by atoms with E-state index in [-0.39, 0.29) is 22.3 Å². The topological polar surface area (TPSA) is 44.0 Å². The average Bonchev–Trinajstić information content (AvgIpc) is 2.38. The number of rotatable bonds is 2. The van der Waals surface area contributed by atoms with Gasteiger partial charge in [-0.3, -0.25) is 18.7 Å². The summed E-state index contributed by atoms with van der Waals surface area (Å²) in [6.07, 6.45) is 0. The van der Waals surface area contributed by atoms with Crippen LogP contribution in [-0.2, 0) is 0 Å². The SMILES string of the molecule is Cc1cc(=O)n(C(C)C)c(=S)n1C(=O)c1ccccc1. The summed E-state index contributed by atoms with van der Waals surface area (Å²) in [7, 11) is 0. The predicted octanol–water partition coefficient (Wildman–Crippen LogP) is 2.96. The molecule has 0 atom stereocenters. The molecule has 4 nitrogen and oxygen atoms in total. The van der Waals surface area contributed by atoms with E-state index in [1.54, 1.807) is 31.2 Å². The summed E-state index contributed by atoms with van der Waals surface area (Å²) in [4.78, 5) is 24.5. The Kier molecular flexibility index (Phi) is 3.99. The van der Waals surface area contributed by atoms with E-state index in [9.17, 15) is 9.59 Å². The molecule has 1 aromatic carbocycles. The van der Waals surface area contributed by atoms with Crippen molar-refractivity contribution in [3.8, 4) is 0 Å². The van der Waals surface area contributed by atoms with E-state index < -0.39 is 0 Å². The lowest BCUT2D eigenvalue weighted by molar-refractivity contribution is 0.0952. The molecule has 2 aromatic rings. The van der Waals surface area contributed by atoms with Crippen LogP contribution in [0.2, 0.25) is 0 Å². The number of nitrogens with zero attached hydrogens (tertiary/aromatic N) is 2. The van der Waals surface area contributed by atoms with Crippen molar-refractivity contribution >= 4 is 18.1 Å². The molecule has 0 saturated carbocycles. The second kappa shape index (κ2) is 5.54. The van der Waals surface area contributed by atoms with E-state index >= 15 is 0 Å². The minimum absolute atomic E-state index is 0.0922. The van der Waals surface area contributed by atoms with Gasteiger partial charge in [0.2, 0.25) is 0 Å². The normalized spacial score (nSPS) is 10.8. The number of carbonyl (C=O) groups is 1. The van der Waals surface area contributed by atoms with Gasteiger partial charge in [-0.15, -0.1) is 0 Å². The van der Waals surface area contributed by atoms with Crippen LogP contribution in [0, 0.1) is 11.7 Å². The number of aromatic nitrogens is 2. The fraction of sp³-hybridized carbons (Fsp3) is 0.267. The van der Waals surface area contributed by atoms with Gasteiger partial charge in [0.25, 0.3) is 11.5 Å². The molecule has 1 aromatic heterocycles. The van der Waals surface area contributed by atoms with E-state index in [2.05, 4.69) is 0 Å². The Balaban J connectivity index is 2.70. The van der Waals surface area contributed by atoms with Crippen LogP contribution < -0.4 is 5.56 Å². The van der Waals surface area contributed by atoms with Crippen molar-refractivity contribution in [1.29, 1.82) is 0 Å². The maximum Gasteiger partial charge on any atom is 0.264 e. The molecular formula is C15H16N2O2S. The first-order valence-electron chi connectivity index (χ1n) is 6.38. The molecule has 0 fully saturated rings. The number of aryl methyl sites for hydroxylation is 1. The second-order valence-electron chi connectivity index (χ2n) is 4.88. The number of carbonyl (C=O) groups excluding carboxylic acids is 1. The minimum Gasteiger partial charge on any atom is -0.282 e. The highest BCUT2D eigenvalue weighted by molar-refractivity contribution is 7.71. The Hall–Kier alpha value is -2.01. The molecule has 104 valence electrons. The summed E-state index contributed by atoms with van der Waals surface area (Å²) in [5.41, 5.74) is 0.908. The van der Waals surface area contributed by atoms with Gasteiger partial charge in [0.05, 0.1) is 0 Å². The van der Waals surface area contributed by atoms with Crippen LogP contribution in [0.4, 0.5) is 0 Å². The summed E-state index contributed by atoms with van der Waals surface area (Å²) in [5.74, 6) is -0.220. The van der Waals surface area contributed by atoms with Gasteiger partial charge < -0.3 is 0 Å². The molecular weight excluding hydrogens is 272 g/mol. The molecule has 20 heavy (non-hydrogen) atoms. The quantitative estimate of drug-likeness (QED) is 0.798. The standard InChI is InChI=1S/C15H16N2O2S/c1-10(2)16-13(18)9-11(3)17(15(16)20)14(19)12-7-5-4-6-8-12/h4-10H,1-3H3. The molecule has 0 N–H and O–H groups in total. The van der Waals surface area contributed by atoms with Crippen LogP contribution in [0.15, 0.2) is 41.2 Å². The van der Waals surface area contributed by atoms with Crippen LogP contribution >= 0.6 is 12.2 Å². The maximum absolute atomic E-state index is 12.6. The van der Waals surface area contributed by atoms with Crippen molar-refractivity contribution in [3.05, 3.63) is 62.8 Å². The smallest absolute Gasteiger partial charge is 0.264 e. The third-order valence-corrected chi connectivity index (χ3v) is 3.44. The van der Waals surface area contributed by atoms with Gasteiger partial charge >= 0.3 is 0 Å². The van der Waals surface area contributed by atoms with E-state index in [0.717, 1.165) is 0 Å². The van der Waals surface area contributed by atoms with Crippen LogP contribution in [0.1, 0.15) is 35.9 Å². The molecule has 1 heterocycles. The highest BCUT2D eigenvalue weighted by atomic mass is 32.1. The zero-order chi connectivity index (χ0) is 14.9. The van der Waals surface area contributed by atoms with Gasteiger partial charge in [-0.2, -0.15) is 0 Å². The van der Waals surface area contributed by atoms with Crippen LogP contribution in [-0.4, -0.2) is 15.0 Å². The van der Waals surface area contributed by atoms with Crippen molar-refractivity contribution in [3.63, 3.8) is 0 Å². The third kappa shape index (κ3) is 2.49. The molecule has 0 aliphatic heterocycles. The lowest BCUT2D eigenvalue weighted by atomic mass is 10.2. The van der Waals surface area contributed by atoms with Crippen molar-refractivity contribution < 1.29 is 4.79 Å². The van der Waals surface area contributed by atoms with Crippen LogP contribution in [0.5, 0.6) is 0 Å². The van der Waals surface area contributed by atoms with Gasteiger partial charge in [-0.05, 0) is 45.1 Å². The summed E-state index contributed by atoms with van der Waals surface area (Å²) >= 11 is 5.32. The van der Waals surface area contributed by atoms with Gasteiger partial charge in [0.1, 0.15) is 0 Å². The molecule has 0 aliphatic rings. The molecule has 0 radical (unpaired) electrons. The Morgan fingerprint density at radius 2 is 1.80 bits per heavy atom. The van der Waals surface area contributed by atoms with Crippen LogP contribution in [0.3, 0.4) is 0 Å². The molecule has 0 bridgehead atoms. The van der Waals surface area contributed by atoms with E-state index in [1.165, 1.54) is 15.2 Å². The number of benzene rings is 1. The second-order valence-corrected chi connectivity index (χ2v) is 5.24. The molecule has 0 aliphatic carbocycles. The number of hydrogen-bond acceptors (Lipinski definition) is 3. The van der Waals surface area contributed by atoms with E-state index in [1.807, 2.05) is 19.9 Å². The molecule has 0 unspecified atom stereocenters. The highest BCUT2D eigenvalue weighted by Gasteiger charge is 2.15. The van der Waals surface area contributed by atoms with Crippen LogP contribution in [0.25, 0.3) is 0 Å². The molecule has 0 spiro atoms. The van der Waals surface area contributed by atoms with E-state index in [4.69, 9.17) is 12.2 Å². The Bertz CT molecular complexity index is 758. The first-order valence-corrected chi connectivity index (χ1v) is 6.79. The Morgan fingerprint density at radius 3 is 2.35 bits per heavy atom.